The predicted octanol–water partition coefficient (Wildman–Crippen LogP) is 2.75. The Kier molecular flexibility index (Phi) is 6.01. The second kappa shape index (κ2) is 7.06. The van der Waals surface area contributed by atoms with Crippen molar-refractivity contribution in [2.24, 2.45) is 0 Å². The molecule has 1 rings (SSSR count). The summed E-state index contributed by atoms with van der Waals surface area (Å²) in [4.78, 5) is 2.57. The topological polar surface area (TPSA) is 37.4 Å². The molecular weight excluding hydrogens is 258 g/mol. The van der Waals surface area contributed by atoms with E-state index in [4.69, 9.17) is 0 Å². The lowest BCUT2D eigenvalue weighted by Crippen LogP contribution is -2.26. The lowest BCUT2D eigenvalue weighted by Gasteiger charge is -2.18. The fourth-order valence-corrected chi connectivity index (χ4v) is 3.26. The van der Waals surface area contributed by atoms with Crippen LogP contribution in [0.2, 0.25) is 0 Å². The third-order valence-corrected chi connectivity index (χ3v) is 5.87. The maximum Gasteiger partial charge on any atom is 0.181 e. The molecule has 0 saturated heterocycles. The zero-order valence-electron chi connectivity index (χ0n) is 12.4. The van der Waals surface area contributed by atoms with E-state index in [1.165, 1.54) is 0 Å². The van der Waals surface area contributed by atoms with Crippen LogP contribution in [0, 0.1) is 0 Å². The molecule has 0 amide bonds. The van der Waals surface area contributed by atoms with Gasteiger partial charge in [0.05, 0.1) is 10.1 Å². The lowest BCUT2D eigenvalue weighted by molar-refractivity contribution is 0.345. The monoisotopic (exact) mass is 283 g/mol. The van der Waals surface area contributed by atoms with Crippen LogP contribution in [0.5, 0.6) is 0 Å². The van der Waals surface area contributed by atoms with Gasteiger partial charge in [0.25, 0.3) is 0 Å². The molecule has 0 aliphatic heterocycles. The van der Waals surface area contributed by atoms with Crippen LogP contribution in [-0.4, -0.2) is 38.7 Å². The van der Waals surface area contributed by atoms with Crippen molar-refractivity contribution < 1.29 is 8.42 Å². The summed E-state index contributed by atoms with van der Waals surface area (Å²) in [6.07, 6.45) is 1.60. The third kappa shape index (κ3) is 4.32. The molecule has 1 unspecified atom stereocenters. The van der Waals surface area contributed by atoms with Gasteiger partial charge in [-0.1, -0.05) is 26.0 Å². The van der Waals surface area contributed by atoms with Crippen LogP contribution in [0.15, 0.2) is 29.2 Å². The number of hydrogen-bond acceptors (Lipinski definition) is 3. The Balaban J connectivity index is 2.78. The molecule has 0 fully saturated rings. The van der Waals surface area contributed by atoms with Crippen LogP contribution in [0.25, 0.3) is 0 Å². The van der Waals surface area contributed by atoms with Gasteiger partial charge in [-0.05, 0) is 57.6 Å². The zero-order chi connectivity index (χ0) is 14.5. The Morgan fingerprint density at radius 3 is 2.21 bits per heavy atom. The molecule has 108 valence electrons. The van der Waals surface area contributed by atoms with Gasteiger partial charge in [0.1, 0.15) is 0 Å². The summed E-state index contributed by atoms with van der Waals surface area (Å²) in [7, 11) is -1.19. The second-order valence-corrected chi connectivity index (χ2v) is 7.40. The fourth-order valence-electron chi connectivity index (χ4n) is 1.86. The largest absolute Gasteiger partial charge is 0.307 e. The highest BCUT2D eigenvalue weighted by atomic mass is 32.2. The molecular formula is C15H25NO2S. The lowest BCUT2D eigenvalue weighted by atomic mass is 10.2. The molecule has 19 heavy (non-hydrogen) atoms. The van der Waals surface area contributed by atoms with Gasteiger partial charge in [-0.3, -0.25) is 0 Å². The molecule has 0 bridgehead atoms. The van der Waals surface area contributed by atoms with Gasteiger partial charge in [-0.25, -0.2) is 8.42 Å². The average Bonchev–Trinajstić information content (AvgIpc) is 2.44. The van der Waals surface area contributed by atoms with E-state index in [1.54, 1.807) is 19.1 Å². The molecule has 3 nitrogen and oxygen atoms in total. The summed E-state index contributed by atoms with van der Waals surface area (Å²) >= 11 is 0. The van der Waals surface area contributed by atoms with E-state index in [-0.39, 0.29) is 5.25 Å². The third-order valence-electron chi connectivity index (χ3n) is 3.65. The van der Waals surface area contributed by atoms with Crippen LogP contribution in [0.1, 0.15) is 32.8 Å². The average molecular weight is 283 g/mol. The summed E-state index contributed by atoms with van der Waals surface area (Å²) < 4.78 is 24.8. The molecule has 0 heterocycles. The van der Waals surface area contributed by atoms with Crippen LogP contribution in [-0.2, 0) is 16.3 Å². The van der Waals surface area contributed by atoms with Crippen molar-refractivity contribution >= 4 is 9.84 Å². The predicted molar refractivity (Wildman–Crippen MR) is 80.3 cm³/mol. The van der Waals surface area contributed by atoms with Crippen LogP contribution in [0.3, 0.4) is 0 Å². The quantitative estimate of drug-likeness (QED) is 0.772. The van der Waals surface area contributed by atoms with Gasteiger partial charge in [-0.2, -0.15) is 0 Å². The van der Waals surface area contributed by atoms with Crippen molar-refractivity contribution in [2.75, 3.05) is 20.1 Å². The summed E-state index contributed by atoms with van der Waals surface area (Å²) in [6.45, 7) is 7.68. The van der Waals surface area contributed by atoms with E-state index in [9.17, 15) is 8.42 Å². The van der Waals surface area contributed by atoms with Crippen molar-refractivity contribution in [2.45, 2.75) is 43.8 Å². The number of aryl methyl sites for hydroxylation is 1. The van der Waals surface area contributed by atoms with Gasteiger partial charge in [-0.15, -0.1) is 0 Å². The van der Waals surface area contributed by atoms with Gasteiger partial charge in [0.2, 0.25) is 0 Å². The minimum atomic E-state index is -3.19. The van der Waals surface area contributed by atoms with Gasteiger partial charge >= 0.3 is 0 Å². The summed E-state index contributed by atoms with van der Waals surface area (Å²) in [5.41, 5.74) is 1.16. The summed E-state index contributed by atoms with van der Waals surface area (Å²) in [6, 6.07) is 7.26. The first kappa shape index (κ1) is 16.2. The Bertz CT molecular complexity index is 479. The van der Waals surface area contributed by atoms with Crippen molar-refractivity contribution in [1.82, 2.24) is 4.90 Å². The molecule has 0 aliphatic carbocycles. The molecule has 0 saturated carbocycles. The highest BCUT2D eigenvalue weighted by Crippen LogP contribution is 2.19. The van der Waals surface area contributed by atoms with Crippen LogP contribution < -0.4 is 0 Å². The van der Waals surface area contributed by atoms with Crippen molar-refractivity contribution in [3.05, 3.63) is 29.8 Å². The van der Waals surface area contributed by atoms with E-state index in [2.05, 4.69) is 18.7 Å². The molecule has 1 aromatic rings. The molecule has 0 N–H and O–H groups in total. The van der Waals surface area contributed by atoms with Crippen LogP contribution in [0.4, 0.5) is 0 Å². The number of hydrogen-bond donors (Lipinski definition) is 0. The maximum absolute atomic E-state index is 12.4. The fraction of sp³-hybridized carbons (Fsp3) is 0.600. The molecule has 0 radical (unpaired) electrons. The molecule has 0 aliphatic rings. The SMILES string of the molecule is CCc1ccc(S(=O)(=O)C(C)CCN(C)CC)cc1. The first-order valence-electron chi connectivity index (χ1n) is 6.93. The second-order valence-electron chi connectivity index (χ2n) is 5.04. The van der Waals surface area contributed by atoms with Gasteiger partial charge in [0, 0.05) is 0 Å². The minimum Gasteiger partial charge on any atom is -0.307 e. The summed E-state index contributed by atoms with van der Waals surface area (Å²) in [5.74, 6) is 0. The highest BCUT2D eigenvalue weighted by Gasteiger charge is 2.23. The molecule has 0 spiro atoms. The highest BCUT2D eigenvalue weighted by molar-refractivity contribution is 7.92. The maximum atomic E-state index is 12.4. The van der Waals surface area contributed by atoms with Crippen molar-refractivity contribution in [3.63, 3.8) is 0 Å². The Morgan fingerprint density at radius 1 is 1.16 bits per heavy atom. The molecule has 0 aromatic heterocycles. The smallest absolute Gasteiger partial charge is 0.181 e. The van der Waals surface area contributed by atoms with Crippen molar-refractivity contribution in [3.8, 4) is 0 Å². The standard InChI is InChI=1S/C15H25NO2S/c1-5-14-7-9-15(10-8-14)19(17,18)13(3)11-12-16(4)6-2/h7-10,13H,5-6,11-12H2,1-4H3. The first-order chi connectivity index (χ1) is 8.91. The van der Waals surface area contributed by atoms with Crippen molar-refractivity contribution in [1.29, 1.82) is 0 Å². The molecule has 4 heteroatoms. The van der Waals surface area contributed by atoms with Gasteiger partial charge < -0.3 is 4.90 Å². The van der Waals surface area contributed by atoms with E-state index < -0.39 is 9.84 Å². The van der Waals surface area contributed by atoms with E-state index >= 15 is 0 Å². The first-order valence-corrected chi connectivity index (χ1v) is 8.47. The van der Waals surface area contributed by atoms with Crippen LogP contribution >= 0.6 is 0 Å². The minimum absolute atomic E-state index is 0.339. The Labute approximate surface area is 117 Å². The molecule has 1 atom stereocenters. The zero-order valence-corrected chi connectivity index (χ0v) is 13.2. The molecule has 1 aromatic carbocycles. The van der Waals surface area contributed by atoms with E-state index in [0.717, 1.165) is 25.1 Å². The number of nitrogens with zero attached hydrogens (tertiary/aromatic N) is 1. The van der Waals surface area contributed by atoms with E-state index in [1.807, 2.05) is 19.2 Å². The Hall–Kier alpha value is -0.870. The summed E-state index contributed by atoms with van der Waals surface area (Å²) in [5, 5.41) is -0.339. The number of benzene rings is 1. The van der Waals surface area contributed by atoms with Gasteiger partial charge in [0.15, 0.2) is 9.84 Å². The Morgan fingerprint density at radius 2 is 1.74 bits per heavy atom. The number of sulfone groups is 1. The number of rotatable bonds is 7. The van der Waals surface area contributed by atoms with E-state index in [0.29, 0.717) is 11.3 Å². The normalized spacial score (nSPS) is 13.7.